The highest BCUT2D eigenvalue weighted by Crippen LogP contribution is 2.61. The quantitative estimate of drug-likeness (QED) is 0.180. The first-order valence-electron chi connectivity index (χ1n) is 19.6. The molecule has 1 aliphatic heterocycles. The number of nitrogens with zero attached hydrogens (tertiary/aromatic N) is 5. The van der Waals surface area contributed by atoms with Crippen LogP contribution in [0, 0.1) is 0 Å². The van der Waals surface area contributed by atoms with E-state index in [1.807, 2.05) is 24.2 Å². The molecule has 58 heavy (non-hydrogen) atoms. The van der Waals surface area contributed by atoms with Gasteiger partial charge >= 0.3 is 0 Å². The summed E-state index contributed by atoms with van der Waals surface area (Å²) in [5.41, 5.74) is 13.2. The number of hydrogen-bond acceptors (Lipinski definition) is 4. The van der Waals surface area contributed by atoms with E-state index in [1.54, 1.807) is 0 Å². The Morgan fingerprint density at radius 2 is 0.879 bits per heavy atom. The summed E-state index contributed by atoms with van der Waals surface area (Å²) in [6.45, 7) is 0. The normalized spacial score (nSPS) is 13.6. The topological polar surface area (TPSA) is 48.5 Å². The number of aromatic nitrogens is 5. The Balaban J connectivity index is 1.00. The van der Waals surface area contributed by atoms with Gasteiger partial charge in [0.1, 0.15) is 11.6 Å². The van der Waals surface area contributed by atoms with Crippen LogP contribution in [0.25, 0.3) is 77.8 Å². The van der Waals surface area contributed by atoms with Gasteiger partial charge in [0.25, 0.3) is 0 Å². The lowest BCUT2D eigenvalue weighted by molar-refractivity contribution is 0.720. The first kappa shape index (κ1) is 31.9. The summed E-state index contributed by atoms with van der Waals surface area (Å²) in [4.78, 5) is 17.8. The maximum atomic E-state index is 5.40. The Kier molecular flexibility index (Phi) is 6.52. The molecule has 0 fully saturated rings. The van der Waals surface area contributed by atoms with Gasteiger partial charge in [-0.15, -0.1) is 0 Å². The van der Waals surface area contributed by atoms with Crippen LogP contribution < -0.4 is 0 Å². The van der Waals surface area contributed by atoms with Crippen LogP contribution in [-0.2, 0) is 5.41 Å². The van der Waals surface area contributed by atoms with E-state index in [2.05, 4.69) is 185 Å². The van der Waals surface area contributed by atoms with Crippen LogP contribution in [0.2, 0.25) is 0 Å². The fraction of sp³-hybridized carbons (Fsp3) is 0.0192. The Hall–Kier alpha value is -7.28. The molecule has 270 valence electrons. The van der Waals surface area contributed by atoms with Gasteiger partial charge in [0, 0.05) is 43.7 Å². The predicted molar refractivity (Wildman–Crippen MR) is 235 cm³/mol. The van der Waals surface area contributed by atoms with Crippen molar-refractivity contribution in [2.45, 2.75) is 15.2 Å². The van der Waals surface area contributed by atoms with Crippen molar-refractivity contribution in [3.8, 4) is 34.2 Å². The lowest BCUT2D eigenvalue weighted by atomic mass is 9.67. The zero-order valence-corrected chi connectivity index (χ0v) is 31.9. The molecule has 0 unspecified atom stereocenters. The number of pyridine rings is 3. The monoisotopic (exact) mass is 757 g/mol. The molecule has 0 saturated carbocycles. The number of para-hydroxylation sites is 3. The highest BCUT2D eigenvalue weighted by molar-refractivity contribution is 7.99. The first-order chi connectivity index (χ1) is 28.8. The van der Waals surface area contributed by atoms with Crippen LogP contribution >= 0.6 is 11.8 Å². The summed E-state index contributed by atoms with van der Waals surface area (Å²) in [6.07, 6.45) is 3.78. The summed E-state index contributed by atoms with van der Waals surface area (Å²) in [5.74, 6) is 1.77. The largest absolute Gasteiger partial charge is 0.294 e. The molecule has 0 bridgehead atoms. The van der Waals surface area contributed by atoms with E-state index in [0.717, 1.165) is 45.1 Å². The third-order valence-corrected chi connectivity index (χ3v) is 13.5. The van der Waals surface area contributed by atoms with Crippen molar-refractivity contribution in [1.82, 2.24) is 24.1 Å². The molecule has 0 radical (unpaired) electrons. The molecule has 1 aliphatic carbocycles. The minimum Gasteiger partial charge on any atom is -0.294 e. The van der Waals surface area contributed by atoms with E-state index >= 15 is 0 Å². The SMILES string of the molecule is c1cc(-n2c3ccccc3c3ccccc32)nc(-n2c3ccccc3c3cc(-c4ccc5c(c4)C4(c6ccccc6S5)c5cccnc5-c5ncccc54)ccc32)c1. The fourth-order valence-electron chi connectivity index (χ4n) is 9.97. The van der Waals surface area contributed by atoms with Crippen molar-refractivity contribution in [1.29, 1.82) is 0 Å². The molecule has 11 aromatic rings. The molecule has 0 N–H and O–H groups in total. The van der Waals surface area contributed by atoms with Gasteiger partial charge in [0.05, 0.1) is 38.9 Å². The van der Waals surface area contributed by atoms with Gasteiger partial charge in [0.15, 0.2) is 0 Å². The minimum atomic E-state index is -0.534. The lowest BCUT2D eigenvalue weighted by Crippen LogP contribution is -2.32. The number of benzene rings is 6. The van der Waals surface area contributed by atoms with E-state index in [4.69, 9.17) is 15.0 Å². The van der Waals surface area contributed by atoms with Crippen LogP contribution in [-0.4, -0.2) is 24.1 Å². The summed E-state index contributed by atoms with van der Waals surface area (Å²) in [6, 6.07) is 63.6. The molecule has 1 spiro atoms. The molecular formula is C52H31N5S. The molecule has 5 aromatic heterocycles. The van der Waals surface area contributed by atoms with Crippen LogP contribution in [0.3, 0.4) is 0 Å². The molecular weight excluding hydrogens is 727 g/mol. The molecule has 0 saturated heterocycles. The Bertz CT molecular complexity index is 3420. The van der Waals surface area contributed by atoms with E-state index in [0.29, 0.717) is 0 Å². The molecule has 6 aromatic carbocycles. The van der Waals surface area contributed by atoms with Gasteiger partial charge < -0.3 is 0 Å². The predicted octanol–water partition coefficient (Wildman–Crippen LogP) is 12.6. The lowest BCUT2D eigenvalue weighted by Gasteiger charge is -2.39. The first-order valence-corrected chi connectivity index (χ1v) is 20.4. The summed E-state index contributed by atoms with van der Waals surface area (Å²) in [7, 11) is 0. The maximum Gasteiger partial charge on any atom is 0.140 e. The third kappa shape index (κ3) is 4.19. The standard InChI is InChI=1S/C52H31N5S/c1-5-18-42-34(12-1)35-13-2-6-19-43(35)56(42)48-22-9-23-49(55-48)57-44-20-7-3-14-36(44)37-30-32(24-26-45(37)57)33-25-27-47-41(31-33)52(38-15-4-8-21-46(38)58-47)39-16-10-28-53-50(39)51-40(52)17-11-29-54-51/h1-31H. The van der Waals surface area contributed by atoms with E-state index < -0.39 is 5.41 Å². The van der Waals surface area contributed by atoms with Gasteiger partial charge in [-0.25, -0.2) is 4.98 Å². The number of fused-ring (bicyclic) bond motifs is 15. The van der Waals surface area contributed by atoms with Crippen LogP contribution in [0.15, 0.2) is 198 Å². The molecule has 2 aliphatic rings. The van der Waals surface area contributed by atoms with Gasteiger partial charge in [-0.05, 0) is 106 Å². The van der Waals surface area contributed by atoms with E-state index in [1.165, 1.54) is 64.7 Å². The molecule has 0 atom stereocenters. The average Bonchev–Trinajstić information content (AvgIpc) is 3.91. The van der Waals surface area contributed by atoms with Gasteiger partial charge in [-0.1, -0.05) is 115 Å². The van der Waals surface area contributed by atoms with E-state index in [-0.39, 0.29) is 0 Å². The fourth-order valence-corrected chi connectivity index (χ4v) is 11.1. The Morgan fingerprint density at radius 3 is 1.53 bits per heavy atom. The van der Waals surface area contributed by atoms with Crippen molar-refractivity contribution in [3.63, 3.8) is 0 Å². The number of hydrogen-bond donors (Lipinski definition) is 0. The minimum absolute atomic E-state index is 0.534. The maximum absolute atomic E-state index is 5.40. The average molecular weight is 758 g/mol. The van der Waals surface area contributed by atoms with Crippen LogP contribution in [0.1, 0.15) is 22.3 Å². The van der Waals surface area contributed by atoms with Crippen molar-refractivity contribution in [2.75, 3.05) is 0 Å². The van der Waals surface area contributed by atoms with Crippen molar-refractivity contribution >= 4 is 55.4 Å². The van der Waals surface area contributed by atoms with Gasteiger partial charge in [-0.2, -0.15) is 0 Å². The molecule has 13 rings (SSSR count). The van der Waals surface area contributed by atoms with Gasteiger partial charge in [-0.3, -0.25) is 19.1 Å². The van der Waals surface area contributed by atoms with Crippen LogP contribution in [0.4, 0.5) is 0 Å². The molecule has 5 nitrogen and oxygen atoms in total. The zero-order chi connectivity index (χ0) is 38.0. The second kappa shape index (κ2) is 11.9. The van der Waals surface area contributed by atoms with E-state index in [9.17, 15) is 0 Å². The highest BCUT2D eigenvalue weighted by Gasteiger charge is 2.51. The summed E-state index contributed by atoms with van der Waals surface area (Å²) >= 11 is 1.85. The van der Waals surface area contributed by atoms with Crippen molar-refractivity contribution in [3.05, 3.63) is 211 Å². The summed E-state index contributed by atoms with van der Waals surface area (Å²) < 4.78 is 4.60. The second-order valence-corrected chi connectivity index (χ2v) is 16.3. The molecule has 6 heterocycles. The zero-order valence-electron chi connectivity index (χ0n) is 31.0. The summed E-state index contributed by atoms with van der Waals surface area (Å²) in [5, 5.41) is 4.83. The third-order valence-electron chi connectivity index (χ3n) is 12.3. The van der Waals surface area contributed by atoms with Gasteiger partial charge in [0.2, 0.25) is 0 Å². The van der Waals surface area contributed by atoms with Crippen molar-refractivity contribution < 1.29 is 0 Å². The van der Waals surface area contributed by atoms with Crippen LogP contribution in [0.5, 0.6) is 0 Å². The number of rotatable bonds is 3. The molecule has 0 amide bonds. The molecule has 6 heteroatoms. The highest BCUT2D eigenvalue weighted by atomic mass is 32.2. The smallest absolute Gasteiger partial charge is 0.140 e. The second-order valence-electron chi connectivity index (χ2n) is 15.2. The Morgan fingerprint density at radius 1 is 0.379 bits per heavy atom. The van der Waals surface area contributed by atoms with Crippen molar-refractivity contribution in [2.24, 2.45) is 0 Å². The Labute approximate surface area is 337 Å².